The van der Waals surface area contributed by atoms with E-state index in [1.54, 1.807) is 0 Å². The van der Waals surface area contributed by atoms with Crippen molar-refractivity contribution in [3.63, 3.8) is 0 Å². The second-order valence-electron chi connectivity index (χ2n) is 7.28. The van der Waals surface area contributed by atoms with E-state index in [0.29, 0.717) is 13.2 Å². The molecule has 4 aromatic carbocycles. The van der Waals surface area contributed by atoms with Gasteiger partial charge in [0.15, 0.2) is 0 Å². The largest absolute Gasteiger partial charge is 0.493 e. The van der Waals surface area contributed by atoms with Gasteiger partial charge in [-0.2, -0.15) is 0 Å². The van der Waals surface area contributed by atoms with Crippen molar-refractivity contribution in [2.75, 3.05) is 13.2 Å². The summed E-state index contributed by atoms with van der Waals surface area (Å²) in [6, 6.07) is 31.4. The fourth-order valence-corrected chi connectivity index (χ4v) is 3.51. The molecule has 4 rings (SSSR count). The van der Waals surface area contributed by atoms with Gasteiger partial charge in [0.05, 0.1) is 13.2 Å². The smallest absolute Gasteiger partial charge is 0.127 e. The molecule has 0 saturated carbocycles. The van der Waals surface area contributed by atoms with Crippen LogP contribution in [-0.2, 0) is 12.8 Å². The van der Waals surface area contributed by atoms with Crippen molar-refractivity contribution in [3.8, 4) is 11.5 Å². The SMILES string of the molecule is Cc1ccc2c(OCCc3ccccc3)ccc(OCCc3ccccc3)c2c1. The number of fused-ring (bicyclic) bond motifs is 1. The zero-order valence-corrected chi connectivity index (χ0v) is 16.8. The van der Waals surface area contributed by atoms with E-state index in [4.69, 9.17) is 9.47 Å². The minimum absolute atomic E-state index is 0.654. The summed E-state index contributed by atoms with van der Waals surface area (Å²) in [6.45, 7) is 3.42. The highest BCUT2D eigenvalue weighted by atomic mass is 16.5. The van der Waals surface area contributed by atoms with Crippen LogP contribution in [0.25, 0.3) is 10.8 Å². The Kier molecular flexibility index (Phi) is 6.11. The van der Waals surface area contributed by atoms with Gasteiger partial charge in [-0.05, 0) is 36.2 Å². The van der Waals surface area contributed by atoms with E-state index in [-0.39, 0.29) is 0 Å². The molecule has 0 spiro atoms. The van der Waals surface area contributed by atoms with Gasteiger partial charge in [-0.25, -0.2) is 0 Å². The standard InChI is InChI=1S/C27H26O2/c1-21-12-13-24-25(20-21)27(29-19-17-23-10-6-3-7-11-23)15-14-26(24)28-18-16-22-8-4-2-5-9-22/h2-15,20H,16-19H2,1H3. The zero-order valence-electron chi connectivity index (χ0n) is 16.8. The minimum Gasteiger partial charge on any atom is -0.493 e. The van der Waals surface area contributed by atoms with Crippen LogP contribution in [-0.4, -0.2) is 13.2 Å². The molecule has 4 aromatic rings. The van der Waals surface area contributed by atoms with Crippen LogP contribution >= 0.6 is 0 Å². The molecule has 0 aliphatic carbocycles. The van der Waals surface area contributed by atoms with Crippen molar-refractivity contribution in [3.05, 3.63) is 108 Å². The van der Waals surface area contributed by atoms with Gasteiger partial charge in [0.25, 0.3) is 0 Å². The second kappa shape index (κ2) is 9.29. The molecular formula is C27H26O2. The van der Waals surface area contributed by atoms with Crippen molar-refractivity contribution < 1.29 is 9.47 Å². The third-order valence-corrected chi connectivity index (χ3v) is 5.07. The molecule has 2 heteroatoms. The van der Waals surface area contributed by atoms with E-state index in [9.17, 15) is 0 Å². The number of hydrogen-bond donors (Lipinski definition) is 0. The van der Waals surface area contributed by atoms with Gasteiger partial charge >= 0.3 is 0 Å². The molecule has 0 bridgehead atoms. The lowest BCUT2D eigenvalue weighted by atomic mass is 10.1. The second-order valence-corrected chi connectivity index (χ2v) is 7.28. The average Bonchev–Trinajstić information content (AvgIpc) is 2.76. The van der Waals surface area contributed by atoms with Crippen LogP contribution in [0.15, 0.2) is 91.0 Å². The van der Waals surface area contributed by atoms with Crippen molar-refractivity contribution in [2.24, 2.45) is 0 Å². The summed E-state index contributed by atoms with van der Waals surface area (Å²) >= 11 is 0. The molecule has 0 atom stereocenters. The summed E-state index contributed by atoms with van der Waals surface area (Å²) in [4.78, 5) is 0. The lowest BCUT2D eigenvalue weighted by Crippen LogP contribution is -2.04. The summed E-state index contributed by atoms with van der Waals surface area (Å²) < 4.78 is 12.3. The van der Waals surface area contributed by atoms with E-state index < -0.39 is 0 Å². The van der Waals surface area contributed by atoms with Gasteiger partial charge in [-0.3, -0.25) is 0 Å². The Morgan fingerprint density at radius 3 is 1.62 bits per heavy atom. The van der Waals surface area contributed by atoms with Crippen LogP contribution in [0.3, 0.4) is 0 Å². The minimum atomic E-state index is 0.654. The van der Waals surface area contributed by atoms with Crippen LogP contribution in [0.5, 0.6) is 11.5 Å². The summed E-state index contributed by atoms with van der Waals surface area (Å²) in [5.74, 6) is 1.82. The van der Waals surface area contributed by atoms with Crippen LogP contribution in [0, 0.1) is 6.92 Å². The summed E-state index contributed by atoms with van der Waals surface area (Å²) in [5.41, 5.74) is 3.79. The number of benzene rings is 4. The van der Waals surface area contributed by atoms with Gasteiger partial charge in [0.1, 0.15) is 11.5 Å². The topological polar surface area (TPSA) is 18.5 Å². The molecule has 0 amide bonds. The first-order chi connectivity index (χ1) is 14.3. The zero-order chi connectivity index (χ0) is 19.9. The molecule has 146 valence electrons. The number of ether oxygens (including phenoxy) is 2. The number of hydrogen-bond acceptors (Lipinski definition) is 2. The van der Waals surface area contributed by atoms with Crippen LogP contribution < -0.4 is 9.47 Å². The molecular weight excluding hydrogens is 356 g/mol. The van der Waals surface area contributed by atoms with Gasteiger partial charge in [0, 0.05) is 23.6 Å². The van der Waals surface area contributed by atoms with Crippen molar-refractivity contribution in [1.82, 2.24) is 0 Å². The van der Waals surface area contributed by atoms with Crippen LogP contribution in [0.4, 0.5) is 0 Å². The molecule has 0 heterocycles. The summed E-state index contributed by atoms with van der Waals surface area (Å²) in [7, 11) is 0. The van der Waals surface area contributed by atoms with E-state index in [0.717, 1.165) is 35.1 Å². The van der Waals surface area contributed by atoms with Gasteiger partial charge in [-0.15, -0.1) is 0 Å². The molecule has 0 aliphatic rings. The first kappa shape index (κ1) is 19.1. The highest BCUT2D eigenvalue weighted by Gasteiger charge is 2.09. The normalized spacial score (nSPS) is 10.8. The third kappa shape index (κ3) is 4.97. The predicted molar refractivity (Wildman–Crippen MR) is 120 cm³/mol. The fourth-order valence-electron chi connectivity index (χ4n) is 3.51. The monoisotopic (exact) mass is 382 g/mol. The Hall–Kier alpha value is -3.26. The van der Waals surface area contributed by atoms with Gasteiger partial charge in [0.2, 0.25) is 0 Å². The maximum atomic E-state index is 6.15. The van der Waals surface area contributed by atoms with Gasteiger partial charge in [-0.1, -0.05) is 78.4 Å². The molecule has 0 saturated heterocycles. The Morgan fingerprint density at radius 2 is 1.07 bits per heavy atom. The van der Waals surface area contributed by atoms with E-state index >= 15 is 0 Å². The Labute approximate surface area is 172 Å². The summed E-state index contributed by atoms with van der Waals surface area (Å²) in [5, 5.41) is 2.20. The lowest BCUT2D eigenvalue weighted by Gasteiger charge is -2.14. The maximum Gasteiger partial charge on any atom is 0.127 e. The Morgan fingerprint density at radius 1 is 0.552 bits per heavy atom. The molecule has 0 unspecified atom stereocenters. The molecule has 0 radical (unpaired) electrons. The fraction of sp³-hybridized carbons (Fsp3) is 0.185. The molecule has 0 aliphatic heterocycles. The number of aryl methyl sites for hydroxylation is 1. The van der Waals surface area contributed by atoms with E-state index in [2.05, 4.69) is 73.7 Å². The Balaban J connectivity index is 1.47. The molecule has 29 heavy (non-hydrogen) atoms. The number of rotatable bonds is 8. The predicted octanol–water partition coefficient (Wildman–Crippen LogP) is 6.39. The van der Waals surface area contributed by atoms with E-state index in [1.165, 1.54) is 16.7 Å². The van der Waals surface area contributed by atoms with Crippen LogP contribution in [0.1, 0.15) is 16.7 Å². The maximum absolute atomic E-state index is 6.15. The Bertz CT molecular complexity index is 1060. The van der Waals surface area contributed by atoms with Crippen molar-refractivity contribution >= 4 is 10.8 Å². The molecule has 0 N–H and O–H groups in total. The first-order valence-corrected chi connectivity index (χ1v) is 10.2. The molecule has 2 nitrogen and oxygen atoms in total. The van der Waals surface area contributed by atoms with Crippen LogP contribution in [0.2, 0.25) is 0 Å². The highest BCUT2D eigenvalue weighted by Crippen LogP contribution is 2.34. The quantitative estimate of drug-likeness (QED) is 0.351. The summed E-state index contributed by atoms with van der Waals surface area (Å²) in [6.07, 6.45) is 1.78. The van der Waals surface area contributed by atoms with Gasteiger partial charge < -0.3 is 9.47 Å². The highest BCUT2D eigenvalue weighted by molar-refractivity contribution is 5.93. The first-order valence-electron chi connectivity index (χ1n) is 10.2. The van der Waals surface area contributed by atoms with Crippen molar-refractivity contribution in [2.45, 2.75) is 19.8 Å². The molecule has 0 aromatic heterocycles. The third-order valence-electron chi connectivity index (χ3n) is 5.07. The van der Waals surface area contributed by atoms with E-state index in [1.807, 2.05) is 24.3 Å². The average molecular weight is 383 g/mol. The lowest BCUT2D eigenvalue weighted by molar-refractivity contribution is 0.318. The molecule has 0 fully saturated rings. The van der Waals surface area contributed by atoms with Crippen molar-refractivity contribution in [1.29, 1.82) is 0 Å².